The van der Waals surface area contributed by atoms with Gasteiger partial charge in [-0.3, -0.25) is 9.59 Å². The molecule has 20 heavy (non-hydrogen) atoms. The van der Waals surface area contributed by atoms with E-state index in [4.69, 9.17) is 10.5 Å². The van der Waals surface area contributed by atoms with Gasteiger partial charge in [0.15, 0.2) is 12.4 Å². The van der Waals surface area contributed by atoms with E-state index in [9.17, 15) is 9.59 Å². The molecule has 2 aromatic carbocycles. The first-order valence-corrected chi connectivity index (χ1v) is 6.96. The number of ketones is 1. The number of ether oxygens (including phenoxy) is 1. The summed E-state index contributed by atoms with van der Waals surface area (Å²) in [6.07, 6.45) is 0. The molecule has 0 radical (unpaired) electrons. The zero-order valence-electron chi connectivity index (χ0n) is 10.5. The predicted molar refractivity (Wildman–Crippen MR) is 83.9 cm³/mol. The quantitative estimate of drug-likeness (QED) is 0.640. The van der Waals surface area contributed by atoms with E-state index < -0.39 is 5.91 Å². The number of halogens is 1. The summed E-state index contributed by atoms with van der Waals surface area (Å²) in [6.45, 7) is -0.134. The Morgan fingerprint density at radius 3 is 2.35 bits per heavy atom. The largest absolute Gasteiger partial charge is 0.485 e. The molecule has 0 saturated carbocycles. The highest BCUT2D eigenvalue weighted by Gasteiger charge is 2.11. The molecule has 1 amide bonds. The van der Waals surface area contributed by atoms with Gasteiger partial charge >= 0.3 is 0 Å². The fourth-order valence-corrected chi connectivity index (χ4v) is 2.02. The highest BCUT2D eigenvalue weighted by atomic mass is 127. The van der Waals surface area contributed by atoms with Crippen LogP contribution in [0.1, 0.15) is 20.7 Å². The molecule has 5 heteroatoms. The van der Waals surface area contributed by atoms with Gasteiger partial charge in [0.05, 0.1) is 5.56 Å². The van der Waals surface area contributed by atoms with Gasteiger partial charge in [-0.1, -0.05) is 24.3 Å². The van der Waals surface area contributed by atoms with Crippen molar-refractivity contribution in [3.05, 3.63) is 63.2 Å². The van der Waals surface area contributed by atoms with E-state index in [0.29, 0.717) is 11.3 Å². The van der Waals surface area contributed by atoms with Crippen molar-refractivity contribution in [2.24, 2.45) is 5.73 Å². The van der Waals surface area contributed by atoms with E-state index >= 15 is 0 Å². The Labute approximate surface area is 130 Å². The third-order valence-corrected chi connectivity index (χ3v) is 3.40. The van der Waals surface area contributed by atoms with Gasteiger partial charge in [-0.2, -0.15) is 0 Å². The maximum Gasteiger partial charge on any atom is 0.252 e. The molecular weight excluding hydrogens is 369 g/mol. The molecule has 0 saturated heterocycles. The van der Waals surface area contributed by atoms with E-state index in [0.717, 1.165) is 3.57 Å². The predicted octanol–water partition coefficient (Wildman–Crippen LogP) is 2.65. The Morgan fingerprint density at radius 1 is 1.05 bits per heavy atom. The Hall–Kier alpha value is -1.89. The van der Waals surface area contributed by atoms with Gasteiger partial charge in [-0.25, -0.2) is 0 Å². The first kappa shape index (κ1) is 14.5. The monoisotopic (exact) mass is 381 g/mol. The van der Waals surface area contributed by atoms with Crippen LogP contribution in [0.25, 0.3) is 0 Å². The van der Waals surface area contributed by atoms with Crippen molar-refractivity contribution < 1.29 is 14.3 Å². The molecule has 0 unspecified atom stereocenters. The van der Waals surface area contributed by atoms with E-state index in [2.05, 4.69) is 22.6 Å². The molecule has 2 rings (SSSR count). The number of carbonyl (C=O) groups is 2. The molecule has 4 nitrogen and oxygen atoms in total. The van der Waals surface area contributed by atoms with Crippen LogP contribution in [0.15, 0.2) is 48.5 Å². The summed E-state index contributed by atoms with van der Waals surface area (Å²) in [5.74, 6) is -0.415. The number of rotatable bonds is 5. The van der Waals surface area contributed by atoms with Crippen LogP contribution in [-0.2, 0) is 0 Å². The van der Waals surface area contributed by atoms with Gasteiger partial charge in [0.25, 0.3) is 5.91 Å². The number of Topliss-reactive ketones (excluding diaryl/α,β-unsaturated/α-hetero) is 1. The average molecular weight is 381 g/mol. The minimum Gasteiger partial charge on any atom is -0.485 e. The molecule has 0 aliphatic rings. The SMILES string of the molecule is NC(=O)c1ccccc1OCC(=O)c1ccc(I)cc1. The molecule has 0 bridgehead atoms. The third-order valence-electron chi connectivity index (χ3n) is 2.68. The van der Waals surface area contributed by atoms with Crippen LogP contribution in [0, 0.1) is 3.57 Å². The minimum absolute atomic E-state index is 0.134. The molecular formula is C15H12INO3. The number of nitrogens with two attached hydrogens (primary N) is 1. The summed E-state index contributed by atoms with van der Waals surface area (Å²) >= 11 is 2.17. The average Bonchev–Trinajstić information content (AvgIpc) is 2.45. The number of benzene rings is 2. The van der Waals surface area contributed by atoms with Gasteiger partial charge in [-0.05, 0) is 46.9 Å². The Bertz CT molecular complexity index is 638. The van der Waals surface area contributed by atoms with Crippen LogP contribution in [0.3, 0.4) is 0 Å². The van der Waals surface area contributed by atoms with Crippen molar-refractivity contribution in [3.63, 3.8) is 0 Å². The maximum absolute atomic E-state index is 12.0. The fraction of sp³-hybridized carbons (Fsp3) is 0.0667. The molecule has 0 aliphatic heterocycles. The molecule has 0 fully saturated rings. The first-order chi connectivity index (χ1) is 9.58. The zero-order chi connectivity index (χ0) is 14.5. The van der Waals surface area contributed by atoms with Gasteiger partial charge in [0, 0.05) is 9.13 Å². The zero-order valence-corrected chi connectivity index (χ0v) is 12.7. The van der Waals surface area contributed by atoms with Gasteiger partial charge < -0.3 is 10.5 Å². The molecule has 0 aliphatic carbocycles. The van der Waals surface area contributed by atoms with Crippen LogP contribution in [0.4, 0.5) is 0 Å². The summed E-state index contributed by atoms with van der Waals surface area (Å²) < 4.78 is 6.45. The second kappa shape index (κ2) is 6.51. The van der Waals surface area contributed by atoms with Crippen molar-refractivity contribution in [1.82, 2.24) is 0 Å². The molecule has 0 aromatic heterocycles. The van der Waals surface area contributed by atoms with Crippen LogP contribution < -0.4 is 10.5 Å². The number of primary amides is 1. The topological polar surface area (TPSA) is 69.4 Å². The van der Waals surface area contributed by atoms with Crippen LogP contribution in [0.5, 0.6) is 5.75 Å². The smallest absolute Gasteiger partial charge is 0.252 e. The third kappa shape index (κ3) is 3.57. The number of para-hydroxylation sites is 1. The number of hydrogen-bond donors (Lipinski definition) is 1. The lowest BCUT2D eigenvalue weighted by Gasteiger charge is -2.08. The fourth-order valence-electron chi connectivity index (χ4n) is 1.66. The summed E-state index contributed by atoms with van der Waals surface area (Å²) in [5.41, 5.74) is 6.08. The minimum atomic E-state index is -0.581. The van der Waals surface area contributed by atoms with Crippen molar-refractivity contribution in [1.29, 1.82) is 0 Å². The maximum atomic E-state index is 12.0. The van der Waals surface area contributed by atoms with Crippen LogP contribution in [0.2, 0.25) is 0 Å². The number of amides is 1. The number of carbonyl (C=O) groups excluding carboxylic acids is 2. The van der Waals surface area contributed by atoms with Gasteiger partial charge in [0.2, 0.25) is 0 Å². The van der Waals surface area contributed by atoms with Gasteiger partial charge in [0.1, 0.15) is 5.75 Å². The van der Waals surface area contributed by atoms with E-state index in [1.807, 2.05) is 12.1 Å². The standard InChI is InChI=1S/C15H12INO3/c16-11-7-5-10(6-8-11)13(18)9-20-14-4-2-1-3-12(14)15(17)19/h1-8H,9H2,(H2,17,19). The number of hydrogen-bond acceptors (Lipinski definition) is 3. The van der Waals surface area contributed by atoms with E-state index in [1.54, 1.807) is 36.4 Å². The highest BCUT2D eigenvalue weighted by Crippen LogP contribution is 2.17. The molecule has 0 spiro atoms. The molecule has 102 valence electrons. The lowest BCUT2D eigenvalue weighted by atomic mass is 10.1. The second-order valence-electron chi connectivity index (χ2n) is 4.08. The molecule has 2 aromatic rings. The van der Waals surface area contributed by atoms with Gasteiger partial charge in [-0.15, -0.1) is 0 Å². The normalized spacial score (nSPS) is 10.1. The van der Waals surface area contributed by atoms with Crippen molar-refractivity contribution in [3.8, 4) is 5.75 Å². The Morgan fingerprint density at radius 2 is 1.70 bits per heavy atom. The molecule has 0 heterocycles. The lowest BCUT2D eigenvalue weighted by Crippen LogP contribution is -2.16. The summed E-state index contributed by atoms with van der Waals surface area (Å²) in [5, 5.41) is 0. The molecule has 2 N–H and O–H groups in total. The lowest BCUT2D eigenvalue weighted by molar-refractivity contribution is 0.0912. The first-order valence-electron chi connectivity index (χ1n) is 5.88. The molecule has 0 atom stereocenters. The van der Waals surface area contributed by atoms with Crippen molar-refractivity contribution >= 4 is 34.3 Å². The Balaban J connectivity index is 2.07. The van der Waals surface area contributed by atoms with Crippen LogP contribution >= 0.6 is 22.6 Å². The second-order valence-corrected chi connectivity index (χ2v) is 5.32. The highest BCUT2D eigenvalue weighted by molar-refractivity contribution is 14.1. The van der Waals surface area contributed by atoms with Crippen molar-refractivity contribution in [2.75, 3.05) is 6.61 Å². The summed E-state index contributed by atoms with van der Waals surface area (Å²) in [7, 11) is 0. The summed E-state index contributed by atoms with van der Waals surface area (Å²) in [6, 6.07) is 13.8. The van der Waals surface area contributed by atoms with Crippen molar-refractivity contribution in [2.45, 2.75) is 0 Å². The Kier molecular flexibility index (Phi) is 4.73. The van der Waals surface area contributed by atoms with E-state index in [1.165, 1.54) is 0 Å². The summed E-state index contributed by atoms with van der Waals surface area (Å²) in [4.78, 5) is 23.2. The van der Waals surface area contributed by atoms with E-state index in [-0.39, 0.29) is 18.0 Å². The van der Waals surface area contributed by atoms with Crippen LogP contribution in [-0.4, -0.2) is 18.3 Å².